The molecule has 1 atom stereocenters. The molecule has 0 fully saturated rings. The predicted octanol–water partition coefficient (Wildman–Crippen LogP) is 6.94. The van der Waals surface area contributed by atoms with E-state index in [2.05, 4.69) is 0 Å². The molecule has 0 aliphatic rings. The minimum Gasteiger partial charge on any atom is -0.462 e. The third kappa shape index (κ3) is 6.28. The van der Waals surface area contributed by atoms with Gasteiger partial charge in [0, 0.05) is 15.4 Å². The van der Waals surface area contributed by atoms with Gasteiger partial charge in [-0.2, -0.15) is 39.5 Å². The number of rotatable bonds is 9. The highest BCUT2D eigenvalue weighted by Crippen LogP contribution is 2.54. The van der Waals surface area contributed by atoms with Gasteiger partial charge < -0.3 is 4.74 Å². The molecule has 29 heavy (non-hydrogen) atoms. The molecule has 0 N–H and O–H groups in total. The molecular formula is C16H13ClF9IO2. The van der Waals surface area contributed by atoms with Crippen LogP contribution in [0.25, 0.3) is 0 Å². The van der Waals surface area contributed by atoms with E-state index in [1.165, 1.54) is 46.9 Å². The Morgan fingerprint density at radius 2 is 1.48 bits per heavy atom. The monoisotopic (exact) mass is 570 g/mol. The summed E-state index contributed by atoms with van der Waals surface area (Å²) >= 11 is 6.87. The lowest BCUT2D eigenvalue weighted by Gasteiger charge is -2.34. The van der Waals surface area contributed by atoms with Crippen LogP contribution < -0.4 is 0 Å². The molecular weight excluding hydrogens is 558 g/mol. The number of halogens is 11. The van der Waals surface area contributed by atoms with E-state index in [1.54, 1.807) is 0 Å². The van der Waals surface area contributed by atoms with Gasteiger partial charge in [-0.1, -0.05) is 34.2 Å². The molecule has 0 radical (unpaired) electrons. The maximum absolute atomic E-state index is 13.5. The van der Waals surface area contributed by atoms with Crippen molar-refractivity contribution in [2.45, 2.75) is 47.1 Å². The summed E-state index contributed by atoms with van der Waals surface area (Å²) in [7, 11) is 0. The second-order valence-corrected chi connectivity index (χ2v) is 8.14. The van der Waals surface area contributed by atoms with Gasteiger partial charge in [0.15, 0.2) is 0 Å². The van der Waals surface area contributed by atoms with Crippen molar-refractivity contribution < 1.29 is 49.0 Å². The molecule has 0 saturated carbocycles. The molecule has 166 valence electrons. The summed E-state index contributed by atoms with van der Waals surface area (Å²) in [5, 5.41) is 0.364. The fourth-order valence-corrected chi connectivity index (χ4v) is 3.17. The van der Waals surface area contributed by atoms with Gasteiger partial charge in [-0.15, -0.1) is 0 Å². The molecule has 2 nitrogen and oxygen atoms in total. The van der Waals surface area contributed by atoms with Gasteiger partial charge in [0.05, 0.1) is 12.2 Å². The number of hydrogen-bond acceptors (Lipinski definition) is 2. The molecule has 1 unspecified atom stereocenters. The van der Waals surface area contributed by atoms with Gasteiger partial charge >= 0.3 is 29.9 Å². The Labute approximate surface area is 177 Å². The van der Waals surface area contributed by atoms with Crippen LogP contribution in [0.1, 0.15) is 29.6 Å². The minimum absolute atomic E-state index is 0.107. The van der Waals surface area contributed by atoms with Crippen LogP contribution in [0.3, 0.4) is 0 Å². The molecule has 0 aliphatic carbocycles. The van der Waals surface area contributed by atoms with E-state index < -0.39 is 40.3 Å². The molecule has 13 heteroatoms. The molecule has 0 spiro atoms. The third-order valence-electron chi connectivity index (χ3n) is 3.66. The fourth-order valence-electron chi connectivity index (χ4n) is 2.06. The number of esters is 1. The summed E-state index contributed by atoms with van der Waals surface area (Å²) < 4.78 is 119. The largest absolute Gasteiger partial charge is 0.462 e. The standard InChI is InChI=1S/C16H13ClF9IO2/c17-10-5-3-9(4-6-10)12(28)29-7-1-2-11(27)8-13(18,19)14(20,21)15(22,23)16(24,25)26/h3-6,11H,1-2,7-8H2. The molecule has 0 saturated heterocycles. The molecule has 0 bridgehead atoms. The van der Waals surface area contributed by atoms with Crippen LogP contribution in [0, 0.1) is 0 Å². The zero-order chi connectivity index (χ0) is 22.7. The topological polar surface area (TPSA) is 26.3 Å². The van der Waals surface area contributed by atoms with Crippen molar-refractivity contribution in [3.8, 4) is 0 Å². The van der Waals surface area contributed by atoms with Gasteiger partial charge in [0.2, 0.25) is 0 Å². The van der Waals surface area contributed by atoms with Crippen molar-refractivity contribution in [2.75, 3.05) is 6.61 Å². The number of carbonyl (C=O) groups is 1. The van der Waals surface area contributed by atoms with Crippen molar-refractivity contribution in [1.82, 2.24) is 0 Å². The van der Waals surface area contributed by atoms with E-state index in [4.69, 9.17) is 16.3 Å². The molecule has 0 aromatic heterocycles. The van der Waals surface area contributed by atoms with Crippen LogP contribution >= 0.6 is 34.2 Å². The van der Waals surface area contributed by atoms with Crippen molar-refractivity contribution in [3.63, 3.8) is 0 Å². The van der Waals surface area contributed by atoms with Crippen molar-refractivity contribution >= 4 is 40.2 Å². The normalized spacial score (nSPS) is 14.6. The summed E-state index contributed by atoms with van der Waals surface area (Å²) in [6.45, 7) is -0.304. The highest BCUT2D eigenvalue weighted by Gasteiger charge is 2.81. The number of benzene rings is 1. The number of hydrogen-bond donors (Lipinski definition) is 0. The number of alkyl halides is 10. The predicted molar refractivity (Wildman–Crippen MR) is 94.3 cm³/mol. The van der Waals surface area contributed by atoms with Crippen molar-refractivity contribution in [2.24, 2.45) is 0 Å². The van der Waals surface area contributed by atoms with Crippen LogP contribution in [-0.2, 0) is 4.74 Å². The SMILES string of the molecule is O=C(OCCCC(I)CC(F)(F)C(F)(F)C(F)(F)C(F)(F)F)c1ccc(Cl)cc1. The lowest BCUT2D eigenvalue weighted by atomic mass is 9.98. The van der Waals surface area contributed by atoms with Crippen LogP contribution in [0.4, 0.5) is 39.5 Å². The Morgan fingerprint density at radius 3 is 1.97 bits per heavy atom. The summed E-state index contributed by atoms with van der Waals surface area (Å²) in [6, 6.07) is 5.54. The first kappa shape index (κ1) is 26.1. The number of ether oxygens (including phenoxy) is 1. The first-order valence-corrected chi connectivity index (χ1v) is 9.42. The smallest absolute Gasteiger partial charge is 0.460 e. The lowest BCUT2D eigenvalue weighted by Crippen LogP contribution is -2.61. The third-order valence-corrected chi connectivity index (χ3v) is 4.98. The van der Waals surface area contributed by atoms with Crippen LogP contribution in [0.15, 0.2) is 24.3 Å². The van der Waals surface area contributed by atoms with Gasteiger partial charge in [-0.25, -0.2) is 4.79 Å². The lowest BCUT2D eigenvalue weighted by molar-refractivity contribution is -0.396. The van der Waals surface area contributed by atoms with Gasteiger partial charge in [-0.3, -0.25) is 0 Å². The minimum atomic E-state index is -6.89. The van der Waals surface area contributed by atoms with Crippen LogP contribution in [0.5, 0.6) is 0 Å². The molecule has 1 aromatic carbocycles. The van der Waals surface area contributed by atoms with E-state index in [-0.39, 0.29) is 25.0 Å². The maximum Gasteiger partial charge on any atom is 0.460 e. The maximum atomic E-state index is 13.5. The summed E-state index contributed by atoms with van der Waals surface area (Å²) in [5.74, 6) is -19.9. The highest BCUT2D eigenvalue weighted by molar-refractivity contribution is 14.1. The Kier molecular flexibility index (Phi) is 8.54. The number of carbonyl (C=O) groups excluding carboxylic acids is 1. The molecule has 0 aliphatic heterocycles. The zero-order valence-corrected chi connectivity index (χ0v) is 17.1. The fraction of sp³-hybridized carbons (Fsp3) is 0.562. The molecule has 0 amide bonds. The highest BCUT2D eigenvalue weighted by atomic mass is 127. The van der Waals surface area contributed by atoms with Crippen LogP contribution in [-0.4, -0.2) is 40.4 Å². The molecule has 0 heterocycles. The van der Waals surface area contributed by atoms with Crippen LogP contribution in [0.2, 0.25) is 5.02 Å². The van der Waals surface area contributed by atoms with Gasteiger partial charge in [-0.05, 0) is 37.1 Å². The van der Waals surface area contributed by atoms with E-state index in [0.29, 0.717) is 5.02 Å². The quantitative estimate of drug-likeness (QED) is 0.106. The van der Waals surface area contributed by atoms with E-state index in [0.717, 1.165) is 0 Å². The van der Waals surface area contributed by atoms with Gasteiger partial charge in [0.25, 0.3) is 0 Å². The van der Waals surface area contributed by atoms with Gasteiger partial charge in [0.1, 0.15) is 0 Å². The van der Waals surface area contributed by atoms with E-state index in [9.17, 15) is 44.3 Å². The zero-order valence-electron chi connectivity index (χ0n) is 14.2. The second kappa shape index (κ2) is 9.48. The van der Waals surface area contributed by atoms with E-state index in [1.807, 2.05) is 0 Å². The first-order valence-electron chi connectivity index (χ1n) is 7.80. The Hall–Kier alpha value is -0.920. The average Bonchev–Trinajstić information content (AvgIpc) is 2.57. The van der Waals surface area contributed by atoms with Crippen molar-refractivity contribution in [3.05, 3.63) is 34.9 Å². The van der Waals surface area contributed by atoms with Crippen molar-refractivity contribution in [1.29, 1.82) is 0 Å². The first-order chi connectivity index (χ1) is 13.0. The van der Waals surface area contributed by atoms with E-state index >= 15 is 0 Å². The summed E-state index contributed by atoms with van der Waals surface area (Å²) in [6.07, 6.45) is -9.16. The molecule has 1 rings (SSSR count). The Bertz CT molecular complexity index is 693. The molecule has 1 aromatic rings. The Morgan fingerprint density at radius 1 is 0.966 bits per heavy atom. The Balaban J connectivity index is 2.57. The summed E-state index contributed by atoms with van der Waals surface area (Å²) in [5.41, 5.74) is 0.140. The second-order valence-electron chi connectivity index (χ2n) is 5.94. The average molecular weight is 571 g/mol. The summed E-state index contributed by atoms with van der Waals surface area (Å²) in [4.78, 5) is 11.7.